The Morgan fingerprint density at radius 3 is 2.00 bits per heavy atom. The molecular weight excluding hydrogens is 496 g/mol. The number of rotatable bonds is 1. The van der Waals surface area contributed by atoms with Crippen molar-refractivity contribution in [2.24, 2.45) is 0 Å². The maximum atomic E-state index is 2.54. The van der Waals surface area contributed by atoms with Gasteiger partial charge in [0.05, 0.1) is 27.6 Å². The van der Waals surface area contributed by atoms with Gasteiger partial charge in [0, 0.05) is 43.4 Å². The van der Waals surface area contributed by atoms with Gasteiger partial charge >= 0.3 is 0 Å². The van der Waals surface area contributed by atoms with Crippen LogP contribution in [0.3, 0.4) is 0 Å². The number of fused-ring (bicyclic) bond motifs is 13. The summed E-state index contributed by atoms with van der Waals surface area (Å²) in [6, 6.07) is 45.0. The average Bonchev–Trinajstić information content (AvgIpc) is 3.69. The summed E-state index contributed by atoms with van der Waals surface area (Å²) in [6.45, 7) is 4.78. The highest BCUT2D eigenvalue weighted by molar-refractivity contribution is 6.30. The molecule has 3 heterocycles. The Labute approximate surface area is 237 Å². The topological polar surface area (TPSA) is 9.34 Å². The Hall–Kier alpha value is -5.08. The van der Waals surface area contributed by atoms with Crippen molar-refractivity contribution < 1.29 is 0 Å². The summed E-state index contributed by atoms with van der Waals surface area (Å²) in [7, 11) is 0. The van der Waals surface area contributed by atoms with Crippen LogP contribution in [0.1, 0.15) is 25.0 Å². The molecule has 6 aromatic carbocycles. The third kappa shape index (κ3) is 2.46. The second-order valence-electron chi connectivity index (χ2n) is 12.2. The summed E-state index contributed by atoms with van der Waals surface area (Å²) >= 11 is 0. The number of para-hydroxylation sites is 3. The largest absolute Gasteiger partial charge is 0.309 e. The van der Waals surface area contributed by atoms with Crippen LogP contribution in [-0.2, 0) is 5.41 Å². The molecule has 3 aromatic heterocycles. The van der Waals surface area contributed by atoms with E-state index in [-0.39, 0.29) is 5.41 Å². The Balaban J connectivity index is 1.50. The quantitative estimate of drug-likeness (QED) is 0.203. The molecule has 0 saturated heterocycles. The Morgan fingerprint density at radius 1 is 0.488 bits per heavy atom. The van der Waals surface area contributed by atoms with E-state index < -0.39 is 0 Å². The predicted molar refractivity (Wildman–Crippen MR) is 173 cm³/mol. The van der Waals surface area contributed by atoms with Gasteiger partial charge in [0.25, 0.3) is 0 Å². The Morgan fingerprint density at radius 2 is 1.17 bits per heavy atom. The van der Waals surface area contributed by atoms with Crippen molar-refractivity contribution in [1.29, 1.82) is 0 Å². The van der Waals surface area contributed by atoms with E-state index in [9.17, 15) is 0 Å². The van der Waals surface area contributed by atoms with E-state index in [0.29, 0.717) is 0 Å². The minimum absolute atomic E-state index is 0.0595. The minimum atomic E-state index is -0.0595. The van der Waals surface area contributed by atoms with Crippen LogP contribution in [0.15, 0.2) is 121 Å². The molecule has 1 aliphatic carbocycles. The molecule has 0 radical (unpaired) electrons. The Kier molecular flexibility index (Phi) is 3.79. The van der Waals surface area contributed by atoms with Gasteiger partial charge in [-0.3, -0.25) is 0 Å². The highest BCUT2D eigenvalue weighted by atomic mass is 15.0. The van der Waals surface area contributed by atoms with Crippen LogP contribution >= 0.6 is 0 Å². The summed E-state index contributed by atoms with van der Waals surface area (Å²) in [5.74, 6) is 0. The van der Waals surface area contributed by atoms with Crippen LogP contribution in [0.25, 0.3) is 76.7 Å². The molecule has 0 fully saturated rings. The van der Waals surface area contributed by atoms with Gasteiger partial charge in [0.15, 0.2) is 0 Å². The zero-order valence-electron chi connectivity index (χ0n) is 22.9. The first kappa shape index (κ1) is 21.7. The van der Waals surface area contributed by atoms with Gasteiger partial charge in [-0.05, 0) is 64.7 Å². The molecule has 192 valence electrons. The van der Waals surface area contributed by atoms with Crippen LogP contribution in [0.4, 0.5) is 0 Å². The summed E-state index contributed by atoms with van der Waals surface area (Å²) < 4.78 is 4.97. The van der Waals surface area contributed by atoms with Crippen molar-refractivity contribution in [2.75, 3.05) is 0 Å². The van der Waals surface area contributed by atoms with Crippen LogP contribution in [0, 0.1) is 0 Å². The first-order chi connectivity index (χ1) is 20.1. The summed E-state index contributed by atoms with van der Waals surface area (Å²) in [5.41, 5.74) is 13.1. The van der Waals surface area contributed by atoms with Crippen LogP contribution < -0.4 is 0 Å². The first-order valence-corrected chi connectivity index (χ1v) is 14.5. The number of hydrogen-bond donors (Lipinski definition) is 0. The van der Waals surface area contributed by atoms with Crippen molar-refractivity contribution in [1.82, 2.24) is 8.97 Å². The molecule has 2 nitrogen and oxygen atoms in total. The summed E-state index contributed by atoms with van der Waals surface area (Å²) in [6.07, 6.45) is 0. The molecule has 0 bridgehead atoms. The van der Waals surface area contributed by atoms with E-state index in [1.807, 2.05) is 0 Å². The Bertz CT molecular complexity index is 2540. The fraction of sp³-hybridized carbons (Fsp3) is 0.0769. The second kappa shape index (κ2) is 7.16. The molecular formula is C39H26N2. The zero-order chi connectivity index (χ0) is 27.0. The lowest BCUT2D eigenvalue weighted by atomic mass is 9.81. The van der Waals surface area contributed by atoms with Crippen molar-refractivity contribution in [3.63, 3.8) is 0 Å². The van der Waals surface area contributed by atoms with Crippen molar-refractivity contribution >= 4 is 59.9 Å². The van der Waals surface area contributed by atoms with Gasteiger partial charge in [-0.2, -0.15) is 0 Å². The van der Waals surface area contributed by atoms with Gasteiger partial charge in [0.2, 0.25) is 0 Å². The fourth-order valence-corrected chi connectivity index (χ4v) is 8.05. The average molecular weight is 523 g/mol. The van der Waals surface area contributed by atoms with Crippen LogP contribution in [0.2, 0.25) is 0 Å². The van der Waals surface area contributed by atoms with E-state index in [1.165, 1.54) is 87.8 Å². The molecule has 0 N–H and O–H groups in total. The molecule has 10 rings (SSSR count). The lowest BCUT2D eigenvalue weighted by Crippen LogP contribution is -2.14. The third-order valence-electron chi connectivity index (χ3n) is 9.82. The van der Waals surface area contributed by atoms with E-state index in [2.05, 4.69) is 144 Å². The second-order valence-corrected chi connectivity index (χ2v) is 12.2. The third-order valence-corrected chi connectivity index (χ3v) is 9.82. The highest BCUT2D eigenvalue weighted by Crippen LogP contribution is 2.55. The molecule has 2 heteroatoms. The van der Waals surface area contributed by atoms with Gasteiger partial charge in [0.1, 0.15) is 0 Å². The van der Waals surface area contributed by atoms with Crippen molar-refractivity contribution in [2.45, 2.75) is 19.3 Å². The molecule has 0 saturated carbocycles. The van der Waals surface area contributed by atoms with E-state index in [1.54, 1.807) is 0 Å². The van der Waals surface area contributed by atoms with Gasteiger partial charge in [-0.25, -0.2) is 0 Å². The van der Waals surface area contributed by atoms with Crippen molar-refractivity contribution in [3.8, 4) is 16.8 Å². The normalized spacial score (nSPS) is 14.3. The monoisotopic (exact) mass is 522 g/mol. The number of benzene rings is 6. The maximum Gasteiger partial charge on any atom is 0.0626 e. The number of nitrogens with zero attached hydrogens (tertiary/aromatic N) is 2. The minimum Gasteiger partial charge on any atom is -0.309 e. The summed E-state index contributed by atoms with van der Waals surface area (Å²) in [4.78, 5) is 0. The molecule has 0 atom stereocenters. The molecule has 0 aliphatic heterocycles. The highest BCUT2D eigenvalue weighted by Gasteiger charge is 2.38. The molecule has 41 heavy (non-hydrogen) atoms. The number of aromatic nitrogens is 2. The van der Waals surface area contributed by atoms with Gasteiger partial charge in [-0.15, -0.1) is 0 Å². The lowest BCUT2D eigenvalue weighted by molar-refractivity contribution is 0.661. The maximum absolute atomic E-state index is 2.54. The summed E-state index contributed by atoms with van der Waals surface area (Å²) in [5, 5.41) is 8.00. The lowest BCUT2D eigenvalue weighted by Gasteiger charge is -2.21. The SMILES string of the molecule is CC1(C)c2ccccc2-c2c1cc1c3ccccc3n3c4cc5c(cc4c2c13)c1ccccc1n5-c1ccccc1. The molecule has 1 aliphatic rings. The smallest absolute Gasteiger partial charge is 0.0626 e. The molecule has 0 amide bonds. The van der Waals surface area contributed by atoms with E-state index in [4.69, 9.17) is 0 Å². The van der Waals surface area contributed by atoms with E-state index >= 15 is 0 Å². The molecule has 9 aromatic rings. The molecule has 0 spiro atoms. The number of hydrogen-bond acceptors (Lipinski definition) is 0. The van der Waals surface area contributed by atoms with Crippen molar-refractivity contribution in [3.05, 3.63) is 132 Å². The first-order valence-electron chi connectivity index (χ1n) is 14.5. The standard InChI is InChI=1S/C39H26N2/c1-39(2)30-17-9-6-16-26(30)36-31(39)21-28-25-15-8-11-19-33(25)41-35-22-34-27(20-29(35)37(36)38(28)41)24-14-7-10-18-32(24)40(34)23-12-4-3-5-13-23/h3-22H,1-2H3. The fourth-order valence-electron chi connectivity index (χ4n) is 8.05. The predicted octanol–water partition coefficient (Wildman–Crippen LogP) is 10.2. The van der Waals surface area contributed by atoms with E-state index in [0.717, 1.165) is 0 Å². The van der Waals surface area contributed by atoms with Crippen LogP contribution in [-0.4, -0.2) is 8.97 Å². The van der Waals surface area contributed by atoms with Crippen LogP contribution in [0.5, 0.6) is 0 Å². The molecule has 0 unspecified atom stereocenters. The zero-order valence-corrected chi connectivity index (χ0v) is 22.9. The van der Waals surface area contributed by atoms with Gasteiger partial charge in [-0.1, -0.05) is 92.7 Å². The van der Waals surface area contributed by atoms with Gasteiger partial charge < -0.3 is 8.97 Å².